The molecule has 6 rings (SSSR count). The predicted octanol–water partition coefficient (Wildman–Crippen LogP) is 6.46. The largest absolute Gasteiger partial charge is 0.507 e. The quantitative estimate of drug-likeness (QED) is 0.401. The van der Waals surface area contributed by atoms with Crippen molar-refractivity contribution in [2.24, 2.45) is 0 Å². The van der Waals surface area contributed by atoms with Gasteiger partial charge < -0.3 is 9.84 Å². The third-order valence-corrected chi connectivity index (χ3v) is 6.48. The molecule has 1 heterocycles. The van der Waals surface area contributed by atoms with Gasteiger partial charge in [-0.25, -0.2) is 0 Å². The molecule has 2 unspecified atom stereocenters. The number of phenolic OH excluding ortho intramolecular Hbond substituents is 1. The van der Waals surface area contributed by atoms with Crippen LogP contribution in [0.1, 0.15) is 55.1 Å². The van der Waals surface area contributed by atoms with Gasteiger partial charge in [0.15, 0.2) is 0 Å². The molecule has 2 nitrogen and oxygen atoms in total. The third-order valence-electron chi connectivity index (χ3n) is 6.48. The van der Waals surface area contributed by atoms with Gasteiger partial charge in [-0.05, 0) is 54.0 Å². The Labute approximate surface area is 147 Å². The zero-order valence-corrected chi connectivity index (χ0v) is 14.1. The molecule has 0 saturated heterocycles. The van der Waals surface area contributed by atoms with Gasteiger partial charge in [0, 0.05) is 21.9 Å². The van der Waals surface area contributed by atoms with Crippen LogP contribution < -0.4 is 4.74 Å². The zero-order valence-electron chi connectivity index (χ0n) is 14.1. The summed E-state index contributed by atoms with van der Waals surface area (Å²) in [5.74, 6) is 3.32. The number of fused-ring (bicyclic) bond motifs is 3. The molecular formula is C23H20O2. The normalized spacial score (nSPS) is 22.9. The highest BCUT2D eigenvalue weighted by atomic mass is 16.5. The summed E-state index contributed by atoms with van der Waals surface area (Å²) in [6.07, 6.45) is 6.35. The second kappa shape index (κ2) is 4.78. The molecule has 0 bridgehead atoms. The lowest BCUT2D eigenvalue weighted by Crippen LogP contribution is -2.19. The molecule has 1 fully saturated rings. The van der Waals surface area contributed by atoms with Crippen LogP contribution in [0.2, 0.25) is 0 Å². The first-order valence-electron chi connectivity index (χ1n) is 9.42. The molecule has 1 N–H and O–H groups in total. The third kappa shape index (κ3) is 1.70. The second-order valence-corrected chi connectivity index (χ2v) is 7.71. The molecule has 0 amide bonds. The number of hydrogen-bond acceptors (Lipinski definition) is 2. The first-order valence-corrected chi connectivity index (χ1v) is 9.42. The van der Waals surface area contributed by atoms with Crippen molar-refractivity contribution in [2.45, 2.75) is 43.9 Å². The lowest BCUT2D eigenvalue weighted by Gasteiger charge is -2.38. The second-order valence-electron chi connectivity index (χ2n) is 7.71. The molecule has 2 atom stereocenters. The maximum Gasteiger partial charge on any atom is 0.136 e. The summed E-state index contributed by atoms with van der Waals surface area (Å²) in [5.41, 5.74) is 5.40. The van der Waals surface area contributed by atoms with Gasteiger partial charge in [0.05, 0.1) is 0 Å². The lowest BCUT2D eigenvalue weighted by molar-refractivity contribution is 0.460. The van der Waals surface area contributed by atoms with Gasteiger partial charge in [-0.3, -0.25) is 0 Å². The van der Waals surface area contributed by atoms with Gasteiger partial charge in [-0.2, -0.15) is 0 Å². The molecule has 3 aliphatic rings. The Kier molecular flexibility index (Phi) is 2.64. The Morgan fingerprint density at radius 1 is 0.800 bits per heavy atom. The van der Waals surface area contributed by atoms with Crippen molar-refractivity contribution in [3.05, 3.63) is 53.6 Å². The first kappa shape index (κ1) is 13.8. The average molecular weight is 328 g/mol. The Morgan fingerprint density at radius 3 is 2.44 bits per heavy atom. The Hall–Kier alpha value is -2.48. The van der Waals surface area contributed by atoms with E-state index in [1.54, 1.807) is 0 Å². The first-order chi connectivity index (χ1) is 12.3. The van der Waals surface area contributed by atoms with Crippen LogP contribution in [-0.4, -0.2) is 5.11 Å². The minimum atomic E-state index is 0.394. The van der Waals surface area contributed by atoms with Crippen LogP contribution in [0.3, 0.4) is 0 Å². The van der Waals surface area contributed by atoms with Crippen molar-refractivity contribution in [3.8, 4) is 28.4 Å². The standard InChI is InChI=1S/C23H20O2/c24-18-12-17-14-7-3-1-2-6-13(14)15-8-4-10-19-21(15)23(17)22-16(18)9-5-11-20(22)25-19/h4-5,8-14,24H,1-3,6-7H2. The summed E-state index contributed by atoms with van der Waals surface area (Å²) in [4.78, 5) is 0. The van der Waals surface area contributed by atoms with E-state index in [1.807, 2.05) is 18.2 Å². The van der Waals surface area contributed by atoms with E-state index in [2.05, 4.69) is 24.3 Å². The summed E-state index contributed by atoms with van der Waals surface area (Å²) in [7, 11) is 0. The summed E-state index contributed by atoms with van der Waals surface area (Å²) < 4.78 is 6.27. The van der Waals surface area contributed by atoms with Gasteiger partial charge >= 0.3 is 0 Å². The number of aromatic hydroxyl groups is 1. The molecular weight excluding hydrogens is 308 g/mol. The highest BCUT2D eigenvalue weighted by molar-refractivity contribution is 6.09. The van der Waals surface area contributed by atoms with Crippen LogP contribution in [0.15, 0.2) is 42.5 Å². The van der Waals surface area contributed by atoms with Crippen molar-refractivity contribution >= 4 is 10.8 Å². The van der Waals surface area contributed by atoms with Gasteiger partial charge in [-0.1, -0.05) is 43.5 Å². The van der Waals surface area contributed by atoms with Crippen LogP contribution in [0, 0.1) is 0 Å². The molecule has 3 aromatic carbocycles. The number of phenols is 1. The van der Waals surface area contributed by atoms with E-state index in [0.717, 1.165) is 22.3 Å². The van der Waals surface area contributed by atoms with E-state index >= 15 is 0 Å². The van der Waals surface area contributed by atoms with Crippen molar-refractivity contribution < 1.29 is 9.84 Å². The SMILES string of the molecule is Oc1cc2c3c4c(cccc14)Oc1cccc(c1-3)C1CCCCCC21. The van der Waals surface area contributed by atoms with Gasteiger partial charge in [0.25, 0.3) is 0 Å². The monoisotopic (exact) mass is 328 g/mol. The Bertz CT molecular complexity index is 1030. The van der Waals surface area contributed by atoms with E-state index < -0.39 is 0 Å². The highest BCUT2D eigenvalue weighted by Crippen LogP contribution is 2.60. The van der Waals surface area contributed by atoms with E-state index in [1.165, 1.54) is 54.4 Å². The summed E-state index contributed by atoms with van der Waals surface area (Å²) >= 11 is 0. The zero-order chi connectivity index (χ0) is 16.5. The molecule has 124 valence electrons. The van der Waals surface area contributed by atoms with Crippen LogP contribution in [0.25, 0.3) is 21.9 Å². The van der Waals surface area contributed by atoms with E-state index in [9.17, 15) is 5.11 Å². The number of ether oxygens (including phenoxy) is 1. The van der Waals surface area contributed by atoms with Crippen molar-refractivity contribution in [2.75, 3.05) is 0 Å². The van der Waals surface area contributed by atoms with Crippen molar-refractivity contribution in [1.29, 1.82) is 0 Å². The molecule has 0 radical (unpaired) electrons. The smallest absolute Gasteiger partial charge is 0.136 e. The molecule has 3 aromatic rings. The fourth-order valence-corrected chi connectivity index (χ4v) is 5.47. The van der Waals surface area contributed by atoms with Crippen LogP contribution in [0.5, 0.6) is 17.2 Å². The predicted molar refractivity (Wildman–Crippen MR) is 99.7 cm³/mol. The number of hydrogen-bond donors (Lipinski definition) is 1. The fraction of sp³-hybridized carbons (Fsp3) is 0.304. The molecule has 1 saturated carbocycles. The van der Waals surface area contributed by atoms with Crippen molar-refractivity contribution in [3.63, 3.8) is 0 Å². The van der Waals surface area contributed by atoms with Gasteiger partial charge in [-0.15, -0.1) is 0 Å². The molecule has 0 spiro atoms. The fourth-order valence-electron chi connectivity index (χ4n) is 5.47. The number of benzene rings is 3. The summed E-state index contributed by atoms with van der Waals surface area (Å²) in [5, 5.41) is 12.7. The Balaban J connectivity index is 1.80. The summed E-state index contributed by atoms with van der Waals surface area (Å²) in [6, 6.07) is 14.6. The molecule has 25 heavy (non-hydrogen) atoms. The average Bonchev–Trinajstić information content (AvgIpc) is 2.89. The Morgan fingerprint density at radius 2 is 1.56 bits per heavy atom. The van der Waals surface area contributed by atoms with E-state index in [4.69, 9.17) is 4.74 Å². The number of rotatable bonds is 0. The minimum Gasteiger partial charge on any atom is -0.507 e. The molecule has 2 heteroatoms. The van der Waals surface area contributed by atoms with Gasteiger partial charge in [0.2, 0.25) is 0 Å². The van der Waals surface area contributed by atoms with Gasteiger partial charge in [0.1, 0.15) is 17.2 Å². The maximum absolute atomic E-state index is 10.7. The molecule has 1 aliphatic heterocycles. The highest BCUT2D eigenvalue weighted by Gasteiger charge is 2.39. The van der Waals surface area contributed by atoms with Crippen LogP contribution in [-0.2, 0) is 0 Å². The minimum absolute atomic E-state index is 0.394. The van der Waals surface area contributed by atoms with Crippen LogP contribution in [0.4, 0.5) is 0 Å². The van der Waals surface area contributed by atoms with E-state index in [-0.39, 0.29) is 0 Å². The van der Waals surface area contributed by atoms with Crippen LogP contribution >= 0.6 is 0 Å². The van der Waals surface area contributed by atoms with E-state index in [0.29, 0.717) is 17.6 Å². The lowest BCUT2D eigenvalue weighted by atomic mass is 9.68. The maximum atomic E-state index is 10.7. The molecule has 2 aliphatic carbocycles. The van der Waals surface area contributed by atoms with Crippen molar-refractivity contribution in [1.82, 2.24) is 0 Å². The molecule has 0 aromatic heterocycles. The summed E-state index contributed by atoms with van der Waals surface area (Å²) in [6.45, 7) is 0. The topological polar surface area (TPSA) is 29.5 Å².